The van der Waals surface area contributed by atoms with Gasteiger partial charge < -0.3 is 14.8 Å². The standard InChI is InChI=1S/C36H61NO2Si/c1-32(2,3)26-20-27(33(4,5)6)23-30(22-26)40(36(13,14)15,39-19-17-37-16-18-38)31-24-28(34(7,8)9)21-29(25-31)35(10,11)12/h20-25,37-38H,16-19H2,1-15H3. The molecule has 0 aromatic heterocycles. The maximum Gasteiger partial charge on any atom is 0.261 e. The van der Waals surface area contributed by atoms with E-state index in [-0.39, 0.29) is 33.3 Å². The molecule has 0 fully saturated rings. The van der Waals surface area contributed by atoms with Crippen molar-refractivity contribution in [3.8, 4) is 0 Å². The van der Waals surface area contributed by atoms with E-state index in [0.717, 1.165) is 0 Å². The van der Waals surface area contributed by atoms with Gasteiger partial charge in [-0.15, -0.1) is 0 Å². The van der Waals surface area contributed by atoms with E-state index < -0.39 is 8.32 Å². The Hall–Kier alpha value is -1.46. The molecule has 0 saturated carbocycles. The zero-order valence-corrected chi connectivity index (χ0v) is 29.6. The predicted octanol–water partition coefficient (Wildman–Crippen LogP) is 7.33. The summed E-state index contributed by atoms with van der Waals surface area (Å²) in [6.45, 7) is 36.9. The van der Waals surface area contributed by atoms with Gasteiger partial charge in [0.15, 0.2) is 0 Å². The van der Waals surface area contributed by atoms with Gasteiger partial charge in [-0.1, -0.05) is 140 Å². The van der Waals surface area contributed by atoms with Gasteiger partial charge in [-0.2, -0.15) is 0 Å². The quantitative estimate of drug-likeness (QED) is 0.259. The maximum atomic E-state index is 9.34. The molecule has 0 heterocycles. The van der Waals surface area contributed by atoms with Crippen LogP contribution >= 0.6 is 0 Å². The summed E-state index contributed by atoms with van der Waals surface area (Å²) in [5.41, 5.74) is 5.51. The smallest absolute Gasteiger partial charge is 0.261 e. The van der Waals surface area contributed by atoms with Crippen LogP contribution in [0.2, 0.25) is 5.04 Å². The zero-order chi connectivity index (χ0) is 30.9. The minimum Gasteiger partial charge on any atom is -0.406 e. The van der Waals surface area contributed by atoms with E-state index in [2.05, 4.69) is 146 Å². The first kappa shape index (κ1) is 34.7. The number of hydrogen-bond donors (Lipinski definition) is 2. The fourth-order valence-corrected chi connectivity index (χ4v) is 9.97. The molecule has 0 aliphatic carbocycles. The molecule has 0 atom stereocenters. The largest absolute Gasteiger partial charge is 0.406 e. The summed E-state index contributed by atoms with van der Waals surface area (Å²) < 4.78 is 7.38. The predicted molar refractivity (Wildman–Crippen MR) is 178 cm³/mol. The van der Waals surface area contributed by atoms with Gasteiger partial charge in [0.25, 0.3) is 8.32 Å². The van der Waals surface area contributed by atoms with Crippen molar-refractivity contribution in [1.29, 1.82) is 0 Å². The molecule has 0 unspecified atom stereocenters. The highest BCUT2D eigenvalue weighted by atomic mass is 28.4. The summed E-state index contributed by atoms with van der Waals surface area (Å²) in [4.78, 5) is 0. The fourth-order valence-electron chi connectivity index (χ4n) is 5.29. The van der Waals surface area contributed by atoms with Crippen LogP contribution in [0.1, 0.15) is 126 Å². The van der Waals surface area contributed by atoms with Crippen molar-refractivity contribution in [1.82, 2.24) is 5.32 Å². The van der Waals surface area contributed by atoms with E-state index in [9.17, 15) is 5.11 Å². The summed E-state index contributed by atoms with van der Waals surface area (Å²) in [5.74, 6) is 0. The Morgan fingerprint density at radius 3 is 1.12 bits per heavy atom. The number of aliphatic hydroxyl groups is 1. The highest BCUT2D eigenvalue weighted by molar-refractivity contribution is 6.99. The van der Waals surface area contributed by atoms with E-state index in [4.69, 9.17) is 4.43 Å². The summed E-state index contributed by atoms with van der Waals surface area (Å²) >= 11 is 0. The van der Waals surface area contributed by atoms with Gasteiger partial charge in [-0.3, -0.25) is 0 Å². The molecule has 2 aromatic rings. The molecule has 0 radical (unpaired) electrons. The molecule has 2 N–H and O–H groups in total. The van der Waals surface area contributed by atoms with Crippen LogP contribution in [-0.4, -0.2) is 39.7 Å². The Labute approximate surface area is 248 Å². The van der Waals surface area contributed by atoms with E-state index in [1.807, 2.05) is 0 Å². The molecule has 4 heteroatoms. The molecule has 0 bridgehead atoms. The van der Waals surface area contributed by atoms with Gasteiger partial charge in [0.1, 0.15) is 0 Å². The van der Waals surface area contributed by atoms with Crippen LogP contribution in [0.3, 0.4) is 0 Å². The van der Waals surface area contributed by atoms with Gasteiger partial charge in [0.2, 0.25) is 0 Å². The molecule has 3 nitrogen and oxygen atoms in total. The monoisotopic (exact) mass is 567 g/mol. The molecule has 0 spiro atoms. The lowest BCUT2D eigenvalue weighted by molar-refractivity contribution is 0.269. The molecule has 2 rings (SSSR count). The van der Waals surface area contributed by atoms with E-state index in [1.165, 1.54) is 32.6 Å². The van der Waals surface area contributed by atoms with Crippen molar-refractivity contribution < 1.29 is 9.53 Å². The van der Waals surface area contributed by atoms with Crippen molar-refractivity contribution in [2.24, 2.45) is 0 Å². The third kappa shape index (κ3) is 8.09. The summed E-state index contributed by atoms with van der Waals surface area (Å²) in [6, 6.07) is 14.7. The third-order valence-corrected chi connectivity index (χ3v) is 13.0. The average molecular weight is 568 g/mol. The van der Waals surface area contributed by atoms with Crippen LogP contribution < -0.4 is 15.7 Å². The second-order valence-electron chi connectivity index (χ2n) is 16.9. The number of aliphatic hydroxyl groups excluding tert-OH is 1. The SMILES string of the molecule is CC(C)(C)c1cc(C(C)(C)C)cc([Si](OCCNCCO)(c2cc(C(C)(C)C)cc(C(C)(C)C)c2)C(C)(C)C)c1. The van der Waals surface area contributed by atoms with Crippen LogP contribution in [-0.2, 0) is 26.1 Å². The van der Waals surface area contributed by atoms with Crippen molar-refractivity contribution in [3.05, 3.63) is 58.7 Å². The third-order valence-electron chi connectivity index (χ3n) is 8.09. The minimum absolute atomic E-state index is 0.0144. The van der Waals surface area contributed by atoms with E-state index in [0.29, 0.717) is 19.7 Å². The summed E-state index contributed by atoms with van der Waals surface area (Å²) in [6.07, 6.45) is 0. The Kier molecular flexibility index (Phi) is 10.4. The van der Waals surface area contributed by atoms with E-state index >= 15 is 0 Å². The maximum absolute atomic E-state index is 9.34. The lowest BCUT2D eigenvalue weighted by Crippen LogP contribution is -2.67. The van der Waals surface area contributed by atoms with Crippen molar-refractivity contribution in [3.63, 3.8) is 0 Å². The number of rotatable bonds is 8. The molecule has 0 saturated heterocycles. The Morgan fingerprint density at radius 2 is 0.875 bits per heavy atom. The topological polar surface area (TPSA) is 41.5 Å². The first-order valence-corrected chi connectivity index (χ1v) is 17.1. The summed E-state index contributed by atoms with van der Waals surface area (Å²) in [7, 11) is -2.85. The zero-order valence-electron chi connectivity index (χ0n) is 28.6. The van der Waals surface area contributed by atoms with Crippen molar-refractivity contribution >= 4 is 18.7 Å². The van der Waals surface area contributed by atoms with Crippen LogP contribution in [0.5, 0.6) is 0 Å². The number of benzene rings is 2. The first-order valence-electron chi connectivity index (χ1n) is 15.2. The van der Waals surface area contributed by atoms with Crippen molar-refractivity contribution in [2.75, 3.05) is 26.3 Å². The number of hydrogen-bond acceptors (Lipinski definition) is 3. The molecule has 0 amide bonds. The van der Waals surface area contributed by atoms with Crippen LogP contribution in [0.25, 0.3) is 0 Å². The first-order chi connectivity index (χ1) is 17.9. The van der Waals surface area contributed by atoms with E-state index in [1.54, 1.807) is 0 Å². The van der Waals surface area contributed by atoms with Gasteiger partial charge in [-0.25, -0.2) is 0 Å². The van der Waals surface area contributed by atoms with Crippen LogP contribution in [0, 0.1) is 0 Å². The second kappa shape index (κ2) is 12.0. The molecular weight excluding hydrogens is 506 g/mol. The van der Waals surface area contributed by atoms with Crippen LogP contribution in [0.15, 0.2) is 36.4 Å². The molecule has 40 heavy (non-hydrogen) atoms. The lowest BCUT2D eigenvalue weighted by atomic mass is 9.81. The Balaban J connectivity index is 3.10. The molecule has 0 aliphatic rings. The van der Waals surface area contributed by atoms with Crippen LogP contribution in [0.4, 0.5) is 0 Å². The van der Waals surface area contributed by atoms with Gasteiger partial charge >= 0.3 is 0 Å². The molecular formula is C36H61NO2Si. The normalized spacial score (nSPS) is 14.1. The van der Waals surface area contributed by atoms with Gasteiger partial charge in [-0.05, 0) is 59.3 Å². The minimum atomic E-state index is -2.85. The van der Waals surface area contributed by atoms with Crippen molar-refractivity contribution in [2.45, 2.75) is 131 Å². The highest BCUT2D eigenvalue weighted by Gasteiger charge is 2.51. The molecule has 0 aliphatic heterocycles. The second-order valence-corrected chi connectivity index (χ2v) is 21.2. The van der Waals surface area contributed by atoms with Gasteiger partial charge in [0, 0.05) is 19.7 Å². The fraction of sp³-hybridized carbons (Fsp3) is 0.667. The molecule has 2 aromatic carbocycles. The number of nitrogens with one attached hydrogen (secondary N) is 1. The summed E-state index contributed by atoms with van der Waals surface area (Å²) in [5, 5.41) is 15.3. The van der Waals surface area contributed by atoms with Gasteiger partial charge in [0.05, 0.1) is 6.61 Å². The average Bonchev–Trinajstić information content (AvgIpc) is 2.77. The molecule has 226 valence electrons. The Bertz CT molecular complexity index is 992. The lowest BCUT2D eigenvalue weighted by Gasteiger charge is -2.45. The Morgan fingerprint density at radius 1 is 0.550 bits per heavy atom. The highest BCUT2D eigenvalue weighted by Crippen LogP contribution is 2.40.